The molecule has 7 rings (SSSR count). The average molecular weight is 567 g/mol. The van der Waals surface area contributed by atoms with Crippen LogP contribution in [0, 0.1) is 17.0 Å². The summed E-state index contributed by atoms with van der Waals surface area (Å²) < 4.78 is 42.6. The van der Waals surface area contributed by atoms with Crippen LogP contribution in [0.2, 0.25) is 5.02 Å². The van der Waals surface area contributed by atoms with E-state index in [4.69, 9.17) is 21.1 Å². The molecule has 0 amide bonds. The Hall–Kier alpha value is -4.29. The second-order valence-corrected chi connectivity index (χ2v) is 10.5. The molecule has 0 unspecified atom stereocenters. The second-order valence-electron chi connectivity index (χ2n) is 10.1. The number of benzene rings is 1. The number of aromatic nitrogens is 5. The lowest BCUT2D eigenvalue weighted by molar-refractivity contribution is -0.0985. The summed E-state index contributed by atoms with van der Waals surface area (Å²) in [5, 5.41) is -0.183. The predicted octanol–water partition coefficient (Wildman–Crippen LogP) is 3.35. The van der Waals surface area contributed by atoms with Crippen molar-refractivity contribution in [2.24, 2.45) is 5.41 Å². The molecule has 2 aliphatic rings. The summed E-state index contributed by atoms with van der Waals surface area (Å²) in [7, 11) is 1.39. The van der Waals surface area contributed by atoms with E-state index in [0.717, 1.165) is 17.1 Å². The molecule has 6 heterocycles. The molecule has 10 nitrogen and oxygen atoms in total. The summed E-state index contributed by atoms with van der Waals surface area (Å²) >= 11 is 6.11. The third-order valence-electron chi connectivity index (χ3n) is 7.61. The minimum absolute atomic E-state index is 0.0129. The number of fused-ring (bicyclic) bond motifs is 2. The largest absolute Gasteiger partial charge is 0.480 e. The zero-order valence-electron chi connectivity index (χ0n) is 21.1. The van der Waals surface area contributed by atoms with Crippen molar-refractivity contribution in [1.82, 2.24) is 23.5 Å². The number of nitrogens with zero attached hydrogens (tertiary/aromatic N) is 6. The Morgan fingerprint density at radius 3 is 2.62 bits per heavy atom. The van der Waals surface area contributed by atoms with E-state index in [1.807, 2.05) is 0 Å². The number of ether oxygens (including phenoxy) is 2. The van der Waals surface area contributed by atoms with Crippen molar-refractivity contribution in [3.05, 3.63) is 86.3 Å². The van der Waals surface area contributed by atoms with Crippen LogP contribution in [0.5, 0.6) is 5.88 Å². The molecule has 0 aliphatic carbocycles. The van der Waals surface area contributed by atoms with E-state index in [0.29, 0.717) is 32.1 Å². The van der Waals surface area contributed by atoms with Gasteiger partial charge in [0.2, 0.25) is 5.88 Å². The van der Waals surface area contributed by atoms with Gasteiger partial charge in [-0.2, -0.15) is 4.98 Å². The Morgan fingerprint density at radius 2 is 1.93 bits per heavy atom. The lowest BCUT2D eigenvalue weighted by Crippen LogP contribution is -2.44. The zero-order chi connectivity index (χ0) is 27.8. The van der Waals surface area contributed by atoms with Gasteiger partial charge < -0.3 is 14.4 Å². The summed E-state index contributed by atoms with van der Waals surface area (Å²) in [6, 6.07) is 7.86. The summed E-state index contributed by atoms with van der Waals surface area (Å²) in [6.45, 7) is 2.76. The van der Waals surface area contributed by atoms with Crippen LogP contribution < -0.4 is 20.9 Å². The third-order valence-corrected chi connectivity index (χ3v) is 7.90. The molecule has 0 bridgehead atoms. The Morgan fingerprint density at radius 1 is 1.10 bits per heavy atom. The van der Waals surface area contributed by atoms with E-state index in [1.165, 1.54) is 52.7 Å². The van der Waals surface area contributed by atoms with Gasteiger partial charge in [0.25, 0.3) is 5.56 Å². The third kappa shape index (κ3) is 3.63. The van der Waals surface area contributed by atoms with E-state index in [1.54, 1.807) is 6.07 Å². The van der Waals surface area contributed by atoms with E-state index < -0.39 is 22.9 Å². The van der Waals surface area contributed by atoms with Gasteiger partial charge in [0.05, 0.1) is 42.7 Å². The molecule has 1 spiro atoms. The van der Waals surface area contributed by atoms with Crippen LogP contribution in [0.4, 0.5) is 14.6 Å². The molecule has 2 saturated heterocycles. The molecular formula is C27H21ClF2N6O4. The highest BCUT2D eigenvalue weighted by Crippen LogP contribution is 2.40. The van der Waals surface area contributed by atoms with Crippen molar-refractivity contribution < 1.29 is 18.3 Å². The first-order valence-corrected chi connectivity index (χ1v) is 12.8. The Bertz CT molecular complexity index is 1970. The van der Waals surface area contributed by atoms with Crippen LogP contribution in [-0.2, 0) is 4.74 Å². The van der Waals surface area contributed by atoms with Crippen molar-refractivity contribution >= 4 is 34.0 Å². The van der Waals surface area contributed by atoms with Crippen molar-refractivity contribution in [3.63, 3.8) is 0 Å². The maximum absolute atomic E-state index is 14.2. The molecule has 13 heteroatoms. The van der Waals surface area contributed by atoms with Crippen molar-refractivity contribution in [2.45, 2.75) is 6.42 Å². The summed E-state index contributed by atoms with van der Waals surface area (Å²) in [4.78, 5) is 39.1. The van der Waals surface area contributed by atoms with Gasteiger partial charge in [-0.1, -0.05) is 11.6 Å². The minimum Gasteiger partial charge on any atom is -0.480 e. The SMILES string of the molecule is COc1nc(N2CCC3(COC3)C2)cc2c1c(=O)n(-c1cnc3cc(F)ccn13)c(=O)n2-c1ccc(F)c(Cl)c1. The summed E-state index contributed by atoms with van der Waals surface area (Å²) in [5.41, 5.74) is -0.797. The number of halogens is 3. The highest BCUT2D eigenvalue weighted by atomic mass is 35.5. The van der Waals surface area contributed by atoms with E-state index >= 15 is 0 Å². The molecule has 0 N–H and O–H groups in total. The van der Waals surface area contributed by atoms with Crippen LogP contribution >= 0.6 is 11.6 Å². The van der Waals surface area contributed by atoms with E-state index in [2.05, 4.69) is 14.9 Å². The Kier molecular flexibility index (Phi) is 5.48. The smallest absolute Gasteiger partial charge is 0.342 e. The van der Waals surface area contributed by atoms with Gasteiger partial charge in [0.1, 0.15) is 34.3 Å². The van der Waals surface area contributed by atoms with Crippen molar-refractivity contribution in [3.8, 4) is 17.4 Å². The zero-order valence-corrected chi connectivity index (χ0v) is 21.9. The van der Waals surface area contributed by atoms with Crippen LogP contribution in [0.15, 0.2) is 58.4 Å². The van der Waals surface area contributed by atoms with E-state index in [-0.39, 0.29) is 44.4 Å². The first-order chi connectivity index (χ1) is 19.3. The maximum Gasteiger partial charge on any atom is 0.342 e. The fourth-order valence-electron chi connectivity index (χ4n) is 5.53. The van der Waals surface area contributed by atoms with Crippen LogP contribution in [0.25, 0.3) is 28.1 Å². The molecule has 1 aromatic carbocycles. The molecule has 4 aromatic heterocycles. The van der Waals surface area contributed by atoms with Gasteiger partial charge in [-0.25, -0.2) is 23.1 Å². The minimum atomic E-state index is -0.768. The number of anilines is 1. The van der Waals surface area contributed by atoms with Crippen LogP contribution in [-0.4, -0.2) is 56.9 Å². The topological polar surface area (TPSA) is 95.9 Å². The Labute approximate surface area is 229 Å². The number of hydrogen-bond acceptors (Lipinski definition) is 7. The maximum atomic E-state index is 14.2. The van der Waals surface area contributed by atoms with Gasteiger partial charge >= 0.3 is 5.69 Å². The molecule has 2 aliphatic heterocycles. The number of hydrogen-bond donors (Lipinski definition) is 0. The van der Waals surface area contributed by atoms with Gasteiger partial charge in [0, 0.05) is 36.8 Å². The fourth-order valence-corrected chi connectivity index (χ4v) is 5.70. The highest BCUT2D eigenvalue weighted by Gasteiger charge is 2.45. The van der Waals surface area contributed by atoms with Gasteiger partial charge in [-0.05, 0) is 30.7 Å². The second kappa shape index (κ2) is 8.86. The molecular weight excluding hydrogens is 546 g/mol. The summed E-state index contributed by atoms with van der Waals surface area (Å²) in [6.07, 6.45) is 3.59. The number of methoxy groups -OCH3 is 1. The Balaban J connectivity index is 1.55. The molecule has 5 aromatic rings. The van der Waals surface area contributed by atoms with Crippen LogP contribution in [0.1, 0.15) is 6.42 Å². The van der Waals surface area contributed by atoms with Gasteiger partial charge in [0.15, 0.2) is 0 Å². The van der Waals surface area contributed by atoms with Crippen molar-refractivity contribution in [2.75, 3.05) is 38.3 Å². The normalized spacial score (nSPS) is 16.2. The average Bonchev–Trinajstić information content (AvgIpc) is 3.55. The fraction of sp³-hybridized carbons (Fsp3) is 0.259. The first kappa shape index (κ1) is 24.7. The lowest BCUT2D eigenvalue weighted by atomic mass is 9.85. The first-order valence-electron chi connectivity index (χ1n) is 12.5. The molecule has 204 valence electrons. The molecule has 0 saturated carbocycles. The molecule has 2 fully saturated rings. The predicted molar refractivity (Wildman–Crippen MR) is 143 cm³/mol. The van der Waals surface area contributed by atoms with Gasteiger partial charge in [-0.3, -0.25) is 13.8 Å². The molecule has 0 radical (unpaired) electrons. The number of rotatable bonds is 4. The van der Waals surface area contributed by atoms with Crippen molar-refractivity contribution in [1.29, 1.82) is 0 Å². The van der Waals surface area contributed by atoms with Gasteiger partial charge in [-0.15, -0.1) is 0 Å². The quantitative estimate of drug-likeness (QED) is 0.329. The number of pyridine rings is 2. The number of imidazole rings is 1. The monoisotopic (exact) mass is 566 g/mol. The van der Waals surface area contributed by atoms with E-state index in [9.17, 15) is 18.4 Å². The standard InChI is InChI=1S/C27H21ClF2N6O4/c1-39-24-23-19(10-21(32-24)33-7-5-27(12-33)13-40-14-27)35(16-2-3-18(30)17(28)9-16)26(38)36(25(23)37)22-11-31-20-8-15(29)4-6-34(20)22/h2-4,6,8-11H,5,7,12-14H2,1H3. The molecule has 40 heavy (non-hydrogen) atoms. The lowest BCUT2D eigenvalue weighted by Gasteiger charge is -2.37. The van der Waals surface area contributed by atoms with Crippen LogP contribution in [0.3, 0.4) is 0 Å². The summed E-state index contributed by atoms with van der Waals surface area (Å²) in [5.74, 6) is -0.573. The highest BCUT2D eigenvalue weighted by molar-refractivity contribution is 6.30. The molecule has 0 atom stereocenters.